The quantitative estimate of drug-likeness (QED) is 0.852. The molecule has 0 spiro atoms. The molecule has 5 nitrogen and oxygen atoms in total. The molecule has 0 aromatic heterocycles. The molecule has 1 aliphatic rings. The lowest BCUT2D eigenvalue weighted by Crippen LogP contribution is -2.37. The van der Waals surface area contributed by atoms with E-state index in [4.69, 9.17) is 9.84 Å². The normalized spacial score (nSPS) is 16.8. The second kappa shape index (κ2) is 7.17. The zero-order chi connectivity index (χ0) is 16.9. The van der Waals surface area contributed by atoms with Crippen LogP contribution in [0.25, 0.3) is 11.1 Å². The minimum Gasteiger partial charge on any atom is -0.491 e. The predicted octanol–water partition coefficient (Wildman–Crippen LogP) is 3.69. The van der Waals surface area contributed by atoms with E-state index >= 15 is 0 Å². The van der Waals surface area contributed by atoms with Crippen LogP contribution in [0.2, 0.25) is 0 Å². The van der Waals surface area contributed by atoms with Crippen LogP contribution < -0.4 is 4.74 Å². The SMILES string of the molecule is O=Cc1cccc(-c2cccc(OCC3CCCN3C(=O)O)c2)c1. The number of hydrogen-bond donors (Lipinski definition) is 1. The third-order valence-electron chi connectivity index (χ3n) is 4.26. The van der Waals surface area contributed by atoms with Gasteiger partial charge in [0.05, 0.1) is 6.04 Å². The Morgan fingerprint density at radius 3 is 2.71 bits per heavy atom. The second-order valence-electron chi connectivity index (χ2n) is 5.85. The average molecular weight is 325 g/mol. The molecular weight excluding hydrogens is 306 g/mol. The zero-order valence-corrected chi connectivity index (χ0v) is 13.2. The van der Waals surface area contributed by atoms with E-state index in [0.717, 1.165) is 30.3 Å². The van der Waals surface area contributed by atoms with E-state index in [9.17, 15) is 9.59 Å². The molecule has 5 heteroatoms. The van der Waals surface area contributed by atoms with Crippen LogP contribution in [0.5, 0.6) is 5.75 Å². The summed E-state index contributed by atoms with van der Waals surface area (Å²) in [5, 5.41) is 9.16. The predicted molar refractivity (Wildman–Crippen MR) is 90.5 cm³/mol. The van der Waals surface area contributed by atoms with Crippen molar-refractivity contribution < 1.29 is 19.4 Å². The highest BCUT2D eigenvalue weighted by Crippen LogP contribution is 2.25. The Morgan fingerprint density at radius 1 is 1.21 bits per heavy atom. The van der Waals surface area contributed by atoms with Crippen molar-refractivity contribution in [2.24, 2.45) is 0 Å². The van der Waals surface area contributed by atoms with Crippen molar-refractivity contribution in [3.63, 3.8) is 0 Å². The average Bonchev–Trinajstić information content (AvgIpc) is 3.09. The van der Waals surface area contributed by atoms with Crippen molar-refractivity contribution in [3.8, 4) is 16.9 Å². The molecule has 1 fully saturated rings. The summed E-state index contributed by atoms with van der Waals surface area (Å²) < 4.78 is 5.81. The van der Waals surface area contributed by atoms with E-state index in [2.05, 4.69) is 0 Å². The minimum atomic E-state index is -0.888. The maximum absolute atomic E-state index is 11.2. The van der Waals surface area contributed by atoms with Crippen LogP contribution in [-0.4, -0.2) is 41.6 Å². The van der Waals surface area contributed by atoms with Crippen LogP contribution in [0, 0.1) is 0 Å². The molecule has 0 bridgehead atoms. The van der Waals surface area contributed by atoms with Gasteiger partial charge in [0.2, 0.25) is 0 Å². The topological polar surface area (TPSA) is 66.8 Å². The zero-order valence-electron chi connectivity index (χ0n) is 13.2. The largest absolute Gasteiger partial charge is 0.491 e. The molecule has 2 aromatic carbocycles. The lowest BCUT2D eigenvalue weighted by Gasteiger charge is -2.21. The summed E-state index contributed by atoms with van der Waals surface area (Å²) in [4.78, 5) is 23.5. The number of carbonyl (C=O) groups is 2. The Kier molecular flexibility index (Phi) is 4.79. The molecule has 124 valence electrons. The van der Waals surface area contributed by atoms with Gasteiger partial charge in [0.25, 0.3) is 0 Å². The van der Waals surface area contributed by atoms with Gasteiger partial charge in [0.1, 0.15) is 18.6 Å². The van der Waals surface area contributed by atoms with Crippen LogP contribution in [0.3, 0.4) is 0 Å². The van der Waals surface area contributed by atoms with Gasteiger partial charge in [-0.3, -0.25) is 4.79 Å². The molecule has 1 heterocycles. The Bertz CT molecular complexity index is 744. The maximum atomic E-state index is 11.2. The number of ether oxygens (including phenoxy) is 1. The number of benzene rings is 2. The van der Waals surface area contributed by atoms with Gasteiger partial charge >= 0.3 is 6.09 Å². The lowest BCUT2D eigenvalue weighted by atomic mass is 10.0. The number of likely N-dealkylation sites (tertiary alicyclic amines) is 1. The molecule has 1 amide bonds. The third kappa shape index (κ3) is 3.56. The summed E-state index contributed by atoms with van der Waals surface area (Å²) in [6.07, 6.45) is 1.64. The highest BCUT2D eigenvalue weighted by molar-refractivity contribution is 5.79. The Balaban J connectivity index is 1.71. The molecule has 1 aliphatic heterocycles. The lowest BCUT2D eigenvalue weighted by molar-refractivity contribution is 0.112. The first-order chi connectivity index (χ1) is 11.7. The van der Waals surface area contributed by atoms with Gasteiger partial charge < -0.3 is 14.7 Å². The molecule has 0 radical (unpaired) electrons. The molecule has 3 rings (SSSR count). The van der Waals surface area contributed by atoms with Crippen molar-refractivity contribution in [1.82, 2.24) is 4.90 Å². The van der Waals surface area contributed by atoms with Crippen LogP contribution in [0.15, 0.2) is 48.5 Å². The molecule has 2 aromatic rings. The number of nitrogens with zero attached hydrogens (tertiary/aromatic N) is 1. The van der Waals surface area contributed by atoms with Gasteiger partial charge in [0, 0.05) is 12.1 Å². The van der Waals surface area contributed by atoms with Crippen LogP contribution in [-0.2, 0) is 0 Å². The summed E-state index contributed by atoms with van der Waals surface area (Å²) in [7, 11) is 0. The summed E-state index contributed by atoms with van der Waals surface area (Å²) in [6.45, 7) is 0.923. The fraction of sp³-hybridized carbons (Fsp3) is 0.263. The number of amides is 1. The fourth-order valence-electron chi connectivity index (χ4n) is 3.01. The highest BCUT2D eigenvalue weighted by atomic mass is 16.5. The smallest absolute Gasteiger partial charge is 0.407 e. The first-order valence-corrected chi connectivity index (χ1v) is 7.95. The van der Waals surface area contributed by atoms with E-state index in [-0.39, 0.29) is 6.04 Å². The molecule has 24 heavy (non-hydrogen) atoms. The van der Waals surface area contributed by atoms with Gasteiger partial charge in [-0.05, 0) is 42.2 Å². The first-order valence-electron chi connectivity index (χ1n) is 7.95. The van der Waals surface area contributed by atoms with Gasteiger partial charge in [0.15, 0.2) is 0 Å². The first kappa shape index (κ1) is 16.1. The second-order valence-corrected chi connectivity index (χ2v) is 5.85. The number of hydrogen-bond acceptors (Lipinski definition) is 3. The van der Waals surface area contributed by atoms with Crippen molar-refractivity contribution in [2.45, 2.75) is 18.9 Å². The fourth-order valence-corrected chi connectivity index (χ4v) is 3.01. The van der Waals surface area contributed by atoms with Gasteiger partial charge in [-0.2, -0.15) is 0 Å². The van der Waals surface area contributed by atoms with E-state index in [1.807, 2.05) is 42.5 Å². The standard InChI is InChI=1S/C19H19NO4/c21-12-14-4-1-5-15(10-14)16-6-2-8-18(11-16)24-13-17-7-3-9-20(17)19(22)23/h1-2,4-6,8,10-12,17H,3,7,9,13H2,(H,22,23). The van der Waals surface area contributed by atoms with E-state index in [1.54, 1.807) is 6.07 Å². The van der Waals surface area contributed by atoms with Crippen molar-refractivity contribution >= 4 is 12.4 Å². The summed E-state index contributed by atoms with van der Waals surface area (Å²) in [5.74, 6) is 0.696. The maximum Gasteiger partial charge on any atom is 0.407 e. The highest BCUT2D eigenvalue weighted by Gasteiger charge is 2.28. The number of aldehydes is 1. The minimum absolute atomic E-state index is 0.0930. The van der Waals surface area contributed by atoms with Crippen molar-refractivity contribution in [2.75, 3.05) is 13.2 Å². The molecule has 0 saturated carbocycles. The molecule has 1 atom stereocenters. The molecule has 0 aliphatic carbocycles. The van der Waals surface area contributed by atoms with Crippen LogP contribution in [0.4, 0.5) is 4.79 Å². The van der Waals surface area contributed by atoms with Crippen molar-refractivity contribution in [3.05, 3.63) is 54.1 Å². The number of carbonyl (C=O) groups excluding carboxylic acids is 1. The summed E-state index contributed by atoms with van der Waals surface area (Å²) in [5.41, 5.74) is 2.53. The Morgan fingerprint density at radius 2 is 1.96 bits per heavy atom. The Hall–Kier alpha value is -2.82. The summed E-state index contributed by atoms with van der Waals surface area (Å²) in [6, 6.07) is 14.9. The number of carboxylic acid groups (broad SMARTS) is 1. The van der Waals surface area contributed by atoms with Gasteiger partial charge in [-0.1, -0.05) is 30.3 Å². The van der Waals surface area contributed by atoms with E-state index in [1.165, 1.54) is 4.90 Å². The van der Waals surface area contributed by atoms with E-state index < -0.39 is 6.09 Å². The van der Waals surface area contributed by atoms with Crippen LogP contribution >= 0.6 is 0 Å². The molecule has 1 N–H and O–H groups in total. The monoisotopic (exact) mass is 325 g/mol. The van der Waals surface area contributed by atoms with Gasteiger partial charge in [-0.25, -0.2) is 4.79 Å². The third-order valence-corrected chi connectivity index (χ3v) is 4.26. The van der Waals surface area contributed by atoms with Crippen molar-refractivity contribution in [1.29, 1.82) is 0 Å². The summed E-state index contributed by atoms with van der Waals surface area (Å²) >= 11 is 0. The van der Waals surface area contributed by atoms with E-state index in [0.29, 0.717) is 24.5 Å². The molecule has 1 unspecified atom stereocenters. The molecule has 1 saturated heterocycles. The van der Waals surface area contributed by atoms with Crippen LogP contribution in [0.1, 0.15) is 23.2 Å². The number of rotatable bonds is 5. The molecular formula is C19H19NO4. The Labute approximate surface area is 140 Å². The van der Waals surface area contributed by atoms with Gasteiger partial charge in [-0.15, -0.1) is 0 Å².